The van der Waals surface area contributed by atoms with Crippen LogP contribution in [0.2, 0.25) is 0 Å². The van der Waals surface area contributed by atoms with Crippen LogP contribution in [0, 0.1) is 0 Å². The number of hydrogen-bond acceptors (Lipinski definition) is 2. The van der Waals surface area contributed by atoms with Gasteiger partial charge >= 0.3 is 5.97 Å². The SMILES string of the molecule is O=C1C=CC(c2c[nH]c3ccccc23)(c2c[nH]c3ccccc23)O1. The topological polar surface area (TPSA) is 57.9 Å². The Hall–Kier alpha value is -3.27. The number of nitrogens with one attached hydrogen (secondary N) is 2. The van der Waals surface area contributed by atoms with E-state index in [1.165, 1.54) is 6.08 Å². The van der Waals surface area contributed by atoms with Crippen LogP contribution < -0.4 is 0 Å². The van der Waals surface area contributed by atoms with E-state index < -0.39 is 5.60 Å². The number of fused-ring (bicyclic) bond motifs is 2. The number of rotatable bonds is 2. The molecule has 24 heavy (non-hydrogen) atoms. The maximum atomic E-state index is 12.0. The number of hydrogen-bond donors (Lipinski definition) is 2. The van der Waals surface area contributed by atoms with Gasteiger partial charge in [-0.3, -0.25) is 0 Å². The fourth-order valence-corrected chi connectivity index (χ4v) is 3.60. The molecule has 0 saturated heterocycles. The first-order chi connectivity index (χ1) is 11.8. The molecule has 4 aromatic rings. The van der Waals surface area contributed by atoms with Crippen LogP contribution in [-0.4, -0.2) is 15.9 Å². The molecule has 0 atom stereocenters. The van der Waals surface area contributed by atoms with Gasteiger partial charge < -0.3 is 14.7 Å². The highest BCUT2D eigenvalue weighted by atomic mass is 16.6. The average molecular weight is 314 g/mol. The zero-order chi connectivity index (χ0) is 16.1. The van der Waals surface area contributed by atoms with Gasteiger partial charge in [-0.05, 0) is 18.2 Å². The zero-order valence-electron chi connectivity index (χ0n) is 12.7. The van der Waals surface area contributed by atoms with Crippen molar-refractivity contribution < 1.29 is 9.53 Å². The molecular formula is C20H14N2O2. The molecule has 0 spiro atoms. The van der Waals surface area contributed by atoms with E-state index in [9.17, 15) is 4.79 Å². The smallest absolute Gasteiger partial charge is 0.332 e. The predicted molar refractivity (Wildman–Crippen MR) is 92.6 cm³/mol. The molecule has 0 amide bonds. The van der Waals surface area contributed by atoms with E-state index in [0.717, 1.165) is 32.9 Å². The summed E-state index contributed by atoms with van der Waals surface area (Å²) in [7, 11) is 0. The second-order valence-corrected chi connectivity index (χ2v) is 5.99. The molecule has 4 heteroatoms. The van der Waals surface area contributed by atoms with Gasteiger partial charge in [0.2, 0.25) is 0 Å². The summed E-state index contributed by atoms with van der Waals surface area (Å²) >= 11 is 0. The van der Waals surface area contributed by atoms with Crippen LogP contribution in [0.15, 0.2) is 73.1 Å². The van der Waals surface area contributed by atoms with Crippen molar-refractivity contribution in [2.75, 3.05) is 0 Å². The summed E-state index contributed by atoms with van der Waals surface area (Å²) in [4.78, 5) is 18.6. The molecule has 0 saturated carbocycles. The molecule has 0 bridgehead atoms. The largest absolute Gasteiger partial charge is 0.442 e. The summed E-state index contributed by atoms with van der Waals surface area (Å²) in [6, 6.07) is 16.1. The molecule has 1 aliphatic heterocycles. The lowest BCUT2D eigenvalue weighted by Crippen LogP contribution is -2.26. The summed E-state index contributed by atoms with van der Waals surface area (Å²) in [6.07, 6.45) is 7.20. The number of aromatic amines is 2. The van der Waals surface area contributed by atoms with Gasteiger partial charge in [0.25, 0.3) is 0 Å². The minimum atomic E-state index is -0.920. The molecular weight excluding hydrogens is 300 g/mol. The van der Waals surface area contributed by atoms with Crippen LogP contribution in [0.4, 0.5) is 0 Å². The molecule has 5 rings (SSSR count). The van der Waals surface area contributed by atoms with Crippen molar-refractivity contribution in [1.82, 2.24) is 9.97 Å². The number of para-hydroxylation sites is 2. The van der Waals surface area contributed by atoms with Gasteiger partial charge in [-0.15, -0.1) is 0 Å². The highest BCUT2D eigenvalue weighted by molar-refractivity contribution is 5.94. The Balaban J connectivity index is 1.85. The number of ether oxygens (including phenoxy) is 1. The average Bonchev–Trinajstić information content (AvgIpc) is 3.31. The Morgan fingerprint density at radius 2 is 1.33 bits per heavy atom. The Bertz CT molecular complexity index is 1040. The molecule has 2 aromatic heterocycles. The number of carbonyl (C=O) groups is 1. The molecule has 0 aliphatic carbocycles. The molecule has 116 valence electrons. The maximum Gasteiger partial charge on any atom is 0.332 e. The third kappa shape index (κ3) is 1.65. The Morgan fingerprint density at radius 3 is 1.83 bits per heavy atom. The van der Waals surface area contributed by atoms with Crippen molar-refractivity contribution in [3.63, 3.8) is 0 Å². The fraction of sp³-hybridized carbons (Fsp3) is 0.0500. The van der Waals surface area contributed by atoms with Gasteiger partial charge in [-0.25, -0.2) is 4.79 Å². The first kappa shape index (κ1) is 13.2. The summed E-state index contributed by atoms with van der Waals surface area (Å²) in [6.45, 7) is 0. The summed E-state index contributed by atoms with van der Waals surface area (Å²) in [5.41, 5.74) is 2.98. The van der Waals surface area contributed by atoms with Crippen molar-refractivity contribution in [2.24, 2.45) is 0 Å². The number of benzene rings is 2. The summed E-state index contributed by atoms with van der Waals surface area (Å²) < 4.78 is 5.86. The molecule has 4 nitrogen and oxygen atoms in total. The van der Waals surface area contributed by atoms with Gasteiger partial charge in [-0.2, -0.15) is 0 Å². The van der Waals surface area contributed by atoms with Crippen LogP contribution in [0.3, 0.4) is 0 Å². The monoisotopic (exact) mass is 314 g/mol. The fourth-order valence-electron chi connectivity index (χ4n) is 3.60. The van der Waals surface area contributed by atoms with E-state index in [2.05, 4.69) is 9.97 Å². The van der Waals surface area contributed by atoms with Gasteiger partial charge in [0.15, 0.2) is 5.60 Å². The van der Waals surface area contributed by atoms with E-state index in [1.54, 1.807) is 0 Å². The van der Waals surface area contributed by atoms with Crippen LogP contribution >= 0.6 is 0 Å². The van der Waals surface area contributed by atoms with E-state index in [0.29, 0.717) is 0 Å². The van der Waals surface area contributed by atoms with E-state index >= 15 is 0 Å². The van der Waals surface area contributed by atoms with Crippen molar-refractivity contribution in [3.05, 3.63) is 84.2 Å². The molecule has 2 aromatic carbocycles. The van der Waals surface area contributed by atoms with Gasteiger partial charge in [-0.1, -0.05) is 36.4 Å². The highest BCUT2D eigenvalue weighted by Gasteiger charge is 2.43. The minimum Gasteiger partial charge on any atom is -0.442 e. The Kier molecular flexibility index (Phi) is 2.54. The van der Waals surface area contributed by atoms with E-state index in [1.807, 2.05) is 67.0 Å². The van der Waals surface area contributed by atoms with E-state index in [-0.39, 0.29) is 5.97 Å². The second kappa shape index (κ2) is 4.61. The normalized spacial score (nSPS) is 16.1. The van der Waals surface area contributed by atoms with Crippen molar-refractivity contribution in [3.8, 4) is 0 Å². The quantitative estimate of drug-likeness (QED) is 0.549. The minimum absolute atomic E-state index is 0.328. The Morgan fingerprint density at radius 1 is 0.792 bits per heavy atom. The van der Waals surface area contributed by atoms with Gasteiger partial charge in [0, 0.05) is 51.4 Å². The highest BCUT2D eigenvalue weighted by Crippen LogP contribution is 2.44. The molecule has 3 heterocycles. The molecule has 0 fully saturated rings. The lowest BCUT2D eigenvalue weighted by atomic mass is 9.86. The van der Waals surface area contributed by atoms with Gasteiger partial charge in [0.1, 0.15) is 0 Å². The maximum absolute atomic E-state index is 12.0. The third-order valence-electron chi connectivity index (χ3n) is 4.69. The Labute approximate surface area is 137 Å². The summed E-state index contributed by atoms with van der Waals surface area (Å²) in [5, 5.41) is 2.09. The lowest BCUT2D eigenvalue weighted by molar-refractivity contribution is -0.143. The first-order valence-electron chi connectivity index (χ1n) is 7.83. The van der Waals surface area contributed by atoms with Crippen molar-refractivity contribution >= 4 is 27.8 Å². The zero-order valence-corrected chi connectivity index (χ0v) is 12.7. The van der Waals surface area contributed by atoms with Crippen molar-refractivity contribution in [2.45, 2.75) is 5.60 Å². The molecule has 2 N–H and O–H groups in total. The van der Waals surface area contributed by atoms with Crippen LogP contribution in [0.25, 0.3) is 21.8 Å². The number of H-pyrrole nitrogens is 2. The molecule has 0 unspecified atom stereocenters. The molecule has 1 aliphatic rings. The lowest BCUT2D eigenvalue weighted by Gasteiger charge is -2.26. The molecule has 0 radical (unpaired) electrons. The standard InChI is InChI=1S/C20H14N2O2/c23-19-9-10-20(24-19,15-11-21-17-7-3-1-5-13(15)17)16-12-22-18-8-4-2-6-14(16)18/h1-12,21-22H. The number of cyclic esters (lactones) is 1. The number of esters is 1. The number of aromatic nitrogens is 2. The third-order valence-corrected chi connectivity index (χ3v) is 4.69. The summed E-state index contributed by atoms with van der Waals surface area (Å²) in [5.74, 6) is -0.328. The number of carbonyl (C=O) groups excluding carboxylic acids is 1. The van der Waals surface area contributed by atoms with Gasteiger partial charge in [0.05, 0.1) is 0 Å². The van der Waals surface area contributed by atoms with Crippen LogP contribution in [0.1, 0.15) is 11.1 Å². The predicted octanol–water partition coefficient (Wildman–Crippen LogP) is 4.01. The van der Waals surface area contributed by atoms with Crippen LogP contribution in [0.5, 0.6) is 0 Å². The second-order valence-electron chi connectivity index (χ2n) is 5.99. The first-order valence-corrected chi connectivity index (χ1v) is 7.83. The van der Waals surface area contributed by atoms with E-state index in [4.69, 9.17) is 4.74 Å². The van der Waals surface area contributed by atoms with Crippen LogP contribution in [-0.2, 0) is 15.1 Å². The van der Waals surface area contributed by atoms with Crippen molar-refractivity contribution in [1.29, 1.82) is 0 Å².